The van der Waals surface area contributed by atoms with Crippen LogP contribution in [0.4, 0.5) is 0 Å². The Hall–Kier alpha value is -2.99. The average Bonchev–Trinajstić information content (AvgIpc) is 3.23. The summed E-state index contributed by atoms with van der Waals surface area (Å²) < 4.78 is 12.4. The monoisotopic (exact) mass is 355 g/mol. The number of benzene rings is 1. The number of hydrogen-bond acceptors (Lipinski definition) is 4. The molecular weight excluding hydrogens is 342 g/mol. The van der Waals surface area contributed by atoms with Crippen LogP contribution < -0.4 is 14.8 Å². The highest BCUT2D eigenvalue weighted by molar-refractivity contribution is 6.30. The zero-order valence-corrected chi connectivity index (χ0v) is 13.9. The molecule has 0 bridgehead atoms. The molecule has 0 saturated carbocycles. The number of carbonyl (C=O) groups excluding carboxylic acids is 1. The van der Waals surface area contributed by atoms with Gasteiger partial charge in [-0.3, -0.25) is 4.79 Å². The molecule has 1 N–H and O–H groups in total. The number of nitrogens with one attached hydrogen (secondary N) is 1. The first-order chi connectivity index (χ1) is 12.2. The maximum atomic E-state index is 12.0. The Morgan fingerprint density at radius 2 is 2.12 bits per heavy atom. The Bertz CT molecular complexity index is 981. The van der Waals surface area contributed by atoms with Crippen LogP contribution in [0, 0.1) is 0 Å². The fourth-order valence-electron chi connectivity index (χ4n) is 2.53. The predicted molar refractivity (Wildman–Crippen MR) is 93.6 cm³/mol. The Morgan fingerprint density at radius 1 is 1.24 bits per heavy atom. The molecular formula is C18H14ClN3O3. The molecule has 0 saturated heterocycles. The van der Waals surface area contributed by atoms with Crippen molar-refractivity contribution >= 4 is 29.2 Å². The maximum absolute atomic E-state index is 12.0. The summed E-state index contributed by atoms with van der Waals surface area (Å²) in [6.07, 6.45) is 6.81. The van der Waals surface area contributed by atoms with Crippen molar-refractivity contribution in [3.05, 3.63) is 65.1 Å². The average molecular weight is 356 g/mol. The fourth-order valence-corrected chi connectivity index (χ4v) is 2.70. The van der Waals surface area contributed by atoms with Crippen molar-refractivity contribution in [2.24, 2.45) is 0 Å². The molecule has 0 aliphatic carbocycles. The number of hydrogen-bond donors (Lipinski definition) is 1. The summed E-state index contributed by atoms with van der Waals surface area (Å²) in [5.74, 6) is 1.20. The van der Waals surface area contributed by atoms with Gasteiger partial charge in [0.1, 0.15) is 5.65 Å². The molecule has 126 valence electrons. The second-order valence-electron chi connectivity index (χ2n) is 5.51. The minimum Gasteiger partial charge on any atom is -0.454 e. The number of ether oxygens (including phenoxy) is 2. The molecule has 0 spiro atoms. The highest BCUT2D eigenvalue weighted by Crippen LogP contribution is 2.32. The predicted octanol–water partition coefficient (Wildman–Crippen LogP) is 3.05. The third-order valence-corrected chi connectivity index (χ3v) is 3.96. The largest absolute Gasteiger partial charge is 0.454 e. The van der Waals surface area contributed by atoms with Crippen LogP contribution in [0.25, 0.3) is 11.7 Å². The normalized spacial score (nSPS) is 12.8. The summed E-state index contributed by atoms with van der Waals surface area (Å²) in [6.45, 7) is 0.566. The first kappa shape index (κ1) is 15.5. The van der Waals surface area contributed by atoms with Gasteiger partial charge in [0.15, 0.2) is 11.5 Å². The van der Waals surface area contributed by atoms with Crippen molar-refractivity contribution in [1.29, 1.82) is 0 Å². The summed E-state index contributed by atoms with van der Waals surface area (Å²) in [5, 5.41) is 3.44. The van der Waals surface area contributed by atoms with Crippen molar-refractivity contribution in [3.63, 3.8) is 0 Å². The van der Waals surface area contributed by atoms with E-state index in [0.29, 0.717) is 23.1 Å². The van der Waals surface area contributed by atoms with E-state index in [1.807, 2.05) is 34.9 Å². The fraction of sp³-hybridized carbons (Fsp3) is 0.111. The molecule has 0 unspecified atom stereocenters. The van der Waals surface area contributed by atoms with Crippen molar-refractivity contribution in [3.8, 4) is 11.5 Å². The summed E-state index contributed by atoms with van der Waals surface area (Å²) >= 11 is 5.95. The lowest BCUT2D eigenvalue weighted by molar-refractivity contribution is -0.116. The Kier molecular flexibility index (Phi) is 4.03. The third kappa shape index (κ3) is 3.44. The van der Waals surface area contributed by atoms with E-state index in [0.717, 1.165) is 16.9 Å². The van der Waals surface area contributed by atoms with Crippen LogP contribution in [0.2, 0.25) is 5.02 Å². The lowest BCUT2D eigenvalue weighted by Gasteiger charge is -1.99. The molecule has 25 heavy (non-hydrogen) atoms. The molecule has 0 radical (unpaired) electrons. The SMILES string of the molecule is O=C(/C=C/c1ccc2c(c1)OCO2)NCc1cn2cc(Cl)ccc2n1. The van der Waals surface area contributed by atoms with E-state index < -0.39 is 0 Å². The molecule has 7 heteroatoms. The van der Waals surface area contributed by atoms with Crippen LogP contribution >= 0.6 is 11.6 Å². The van der Waals surface area contributed by atoms with Gasteiger partial charge in [-0.1, -0.05) is 17.7 Å². The van der Waals surface area contributed by atoms with Crippen molar-refractivity contribution < 1.29 is 14.3 Å². The van der Waals surface area contributed by atoms with E-state index in [1.165, 1.54) is 6.08 Å². The molecule has 0 atom stereocenters. The first-order valence-corrected chi connectivity index (χ1v) is 8.04. The van der Waals surface area contributed by atoms with Gasteiger partial charge in [-0.05, 0) is 35.9 Å². The molecule has 1 amide bonds. The maximum Gasteiger partial charge on any atom is 0.244 e. The second-order valence-corrected chi connectivity index (χ2v) is 5.95. The molecule has 4 rings (SSSR count). The number of halogens is 1. The van der Waals surface area contributed by atoms with Gasteiger partial charge in [-0.2, -0.15) is 0 Å². The number of rotatable bonds is 4. The zero-order chi connectivity index (χ0) is 17.2. The van der Waals surface area contributed by atoms with E-state index in [1.54, 1.807) is 18.3 Å². The number of carbonyl (C=O) groups is 1. The standard InChI is InChI=1S/C18H14ClN3O3/c19-13-3-5-17-21-14(10-22(17)9-13)8-20-18(23)6-2-12-1-4-15-16(7-12)25-11-24-15/h1-7,9-10H,8,11H2,(H,20,23)/b6-2+. The molecule has 6 nitrogen and oxygen atoms in total. The third-order valence-electron chi connectivity index (χ3n) is 3.73. The number of fused-ring (bicyclic) bond motifs is 2. The van der Waals surface area contributed by atoms with Gasteiger partial charge in [0.25, 0.3) is 0 Å². The van der Waals surface area contributed by atoms with Crippen LogP contribution in [0.5, 0.6) is 11.5 Å². The molecule has 2 aromatic heterocycles. The van der Waals surface area contributed by atoms with Crippen LogP contribution in [-0.2, 0) is 11.3 Å². The molecule has 3 heterocycles. The summed E-state index contributed by atoms with van der Waals surface area (Å²) in [5.41, 5.74) is 2.40. The molecule has 1 aromatic carbocycles. The number of amides is 1. The van der Waals surface area contributed by atoms with Crippen LogP contribution in [-0.4, -0.2) is 22.1 Å². The van der Waals surface area contributed by atoms with Crippen molar-refractivity contribution in [2.45, 2.75) is 6.54 Å². The van der Waals surface area contributed by atoms with Crippen molar-refractivity contribution in [2.75, 3.05) is 6.79 Å². The quantitative estimate of drug-likeness (QED) is 0.730. The summed E-state index contributed by atoms with van der Waals surface area (Å²) in [4.78, 5) is 16.4. The smallest absolute Gasteiger partial charge is 0.244 e. The van der Waals surface area contributed by atoms with E-state index in [9.17, 15) is 4.79 Å². The summed E-state index contributed by atoms with van der Waals surface area (Å²) in [7, 11) is 0. The Balaban J connectivity index is 1.38. The van der Waals surface area contributed by atoms with E-state index in [-0.39, 0.29) is 12.7 Å². The van der Waals surface area contributed by atoms with Gasteiger partial charge in [0.2, 0.25) is 12.7 Å². The number of pyridine rings is 1. The van der Waals surface area contributed by atoms with E-state index in [4.69, 9.17) is 21.1 Å². The minimum absolute atomic E-state index is 0.201. The second kappa shape index (κ2) is 6.49. The van der Waals surface area contributed by atoms with Crippen LogP contribution in [0.15, 0.2) is 48.8 Å². The molecule has 1 aliphatic rings. The van der Waals surface area contributed by atoms with E-state index >= 15 is 0 Å². The highest BCUT2D eigenvalue weighted by atomic mass is 35.5. The number of imidazole rings is 1. The molecule has 0 fully saturated rings. The van der Waals surface area contributed by atoms with Gasteiger partial charge in [0.05, 0.1) is 17.3 Å². The van der Waals surface area contributed by atoms with Crippen LogP contribution in [0.3, 0.4) is 0 Å². The van der Waals surface area contributed by atoms with Gasteiger partial charge in [0, 0.05) is 18.5 Å². The van der Waals surface area contributed by atoms with Gasteiger partial charge >= 0.3 is 0 Å². The van der Waals surface area contributed by atoms with Crippen LogP contribution in [0.1, 0.15) is 11.3 Å². The minimum atomic E-state index is -0.201. The molecule has 3 aromatic rings. The first-order valence-electron chi connectivity index (χ1n) is 7.66. The molecule has 1 aliphatic heterocycles. The van der Waals surface area contributed by atoms with Gasteiger partial charge in [-0.15, -0.1) is 0 Å². The lowest BCUT2D eigenvalue weighted by Crippen LogP contribution is -2.20. The number of nitrogens with zero attached hydrogens (tertiary/aromatic N) is 2. The Morgan fingerprint density at radius 3 is 3.04 bits per heavy atom. The topological polar surface area (TPSA) is 64.9 Å². The summed E-state index contributed by atoms with van der Waals surface area (Å²) in [6, 6.07) is 9.12. The highest BCUT2D eigenvalue weighted by Gasteiger charge is 2.12. The zero-order valence-electron chi connectivity index (χ0n) is 13.1. The lowest BCUT2D eigenvalue weighted by atomic mass is 10.2. The number of aromatic nitrogens is 2. The van der Waals surface area contributed by atoms with Gasteiger partial charge < -0.3 is 19.2 Å². The van der Waals surface area contributed by atoms with Gasteiger partial charge in [-0.25, -0.2) is 4.98 Å². The van der Waals surface area contributed by atoms with E-state index in [2.05, 4.69) is 10.3 Å². The Labute approximate surface area is 148 Å². The van der Waals surface area contributed by atoms with Crippen molar-refractivity contribution in [1.82, 2.24) is 14.7 Å².